The molecule has 2 heteroatoms. The van der Waals surface area contributed by atoms with Crippen molar-refractivity contribution in [1.29, 1.82) is 0 Å². The molecule has 0 N–H and O–H groups in total. The summed E-state index contributed by atoms with van der Waals surface area (Å²) in [5.74, 6) is 0.540. The van der Waals surface area contributed by atoms with Gasteiger partial charge in [0.15, 0.2) is 0 Å². The van der Waals surface area contributed by atoms with Gasteiger partial charge in [0.2, 0.25) is 0 Å². The van der Waals surface area contributed by atoms with Gasteiger partial charge < -0.3 is 0 Å². The molecular formula is C23H32N2. The first kappa shape index (κ1) is 19.4. The fourth-order valence-electron chi connectivity index (χ4n) is 3.33. The van der Waals surface area contributed by atoms with E-state index in [1.807, 2.05) is 13.8 Å². The molecule has 0 aliphatic carbocycles. The quantitative estimate of drug-likeness (QED) is 0.693. The van der Waals surface area contributed by atoms with Gasteiger partial charge in [-0.3, -0.25) is 9.89 Å². The van der Waals surface area contributed by atoms with Gasteiger partial charge in [0.1, 0.15) is 0 Å². The van der Waals surface area contributed by atoms with Gasteiger partial charge in [-0.2, -0.15) is 0 Å². The first-order valence-corrected chi connectivity index (χ1v) is 9.60. The van der Waals surface area contributed by atoms with E-state index in [-0.39, 0.29) is 6.04 Å². The molecule has 134 valence electrons. The topological polar surface area (TPSA) is 15.6 Å². The summed E-state index contributed by atoms with van der Waals surface area (Å²) in [5.41, 5.74) is 4.09. The van der Waals surface area contributed by atoms with Gasteiger partial charge in [0.05, 0.1) is 6.04 Å². The highest BCUT2D eigenvalue weighted by Gasteiger charge is 2.22. The molecule has 0 bridgehead atoms. The Labute approximate surface area is 153 Å². The summed E-state index contributed by atoms with van der Waals surface area (Å²) in [7, 11) is 0. The van der Waals surface area contributed by atoms with E-state index in [4.69, 9.17) is 4.99 Å². The van der Waals surface area contributed by atoms with Gasteiger partial charge in [0, 0.05) is 31.3 Å². The average molecular weight is 337 g/mol. The van der Waals surface area contributed by atoms with Crippen LogP contribution < -0.4 is 0 Å². The molecule has 1 aliphatic rings. The fourth-order valence-corrected chi connectivity index (χ4v) is 3.33. The highest BCUT2D eigenvalue weighted by atomic mass is 15.1. The fraction of sp³-hybridized carbons (Fsp3) is 0.435. The summed E-state index contributed by atoms with van der Waals surface area (Å²) >= 11 is 0. The molecule has 1 saturated heterocycles. The van der Waals surface area contributed by atoms with Crippen LogP contribution in [0.3, 0.4) is 0 Å². The molecule has 2 unspecified atom stereocenters. The van der Waals surface area contributed by atoms with Crippen LogP contribution in [0.4, 0.5) is 0 Å². The van der Waals surface area contributed by atoms with Crippen molar-refractivity contribution in [3.63, 3.8) is 0 Å². The van der Waals surface area contributed by atoms with Crippen LogP contribution in [0.5, 0.6) is 0 Å². The minimum atomic E-state index is 0.259. The lowest BCUT2D eigenvalue weighted by atomic mass is 9.96. The highest BCUT2D eigenvalue weighted by molar-refractivity contribution is 5.87. The molecule has 1 heterocycles. The third kappa shape index (κ3) is 5.82. The molecular weight excluding hydrogens is 304 g/mol. The minimum absolute atomic E-state index is 0.259. The Morgan fingerprint density at radius 3 is 2.20 bits per heavy atom. The zero-order valence-corrected chi connectivity index (χ0v) is 16.2. The SMILES string of the molecule is CC.CC1CN(Cc2ccccc2)CCC1=NC(C)c1ccccc1. The van der Waals surface area contributed by atoms with E-state index in [1.54, 1.807) is 0 Å². The molecule has 1 fully saturated rings. The predicted molar refractivity (Wildman–Crippen MR) is 109 cm³/mol. The van der Waals surface area contributed by atoms with Crippen LogP contribution >= 0.6 is 0 Å². The number of likely N-dealkylation sites (tertiary alicyclic amines) is 1. The van der Waals surface area contributed by atoms with Crippen LogP contribution in [0.1, 0.15) is 51.3 Å². The Morgan fingerprint density at radius 1 is 1.00 bits per heavy atom. The standard InChI is InChI=1S/C21H26N2.C2H6/c1-17-15-23(16-19-9-5-3-6-10-19)14-13-21(17)22-18(2)20-11-7-4-8-12-20;1-2/h3-12,17-18H,13-16H2,1-2H3;1-2H3. The third-order valence-corrected chi connectivity index (χ3v) is 4.68. The van der Waals surface area contributed by atoms with Crippen molar-refractivity contribution < 1.29 is 0 Å². The molecule has 0 radical (unpaired) electrons. The zero-order chi connectivity index (χ0) is 18.1. The van der Waals surface area contributed by atoms with E-state index >= 15 is 0 Å². The molecule has 2 aromatic carbocycles. The first-order valence-electron chi connectivity index (χ1n) is 9.60. The van der Waals surface area contributed by atoms with Crippen molar-refractivity contribution >= 4 is 5.71 Å². The summed E-state index contributed by atoms with van der Waals surface area (Å²) in [6.07, 6.45) is 1.09. The molecule has 3 rings (SSSR count). The van der Waals surface area contributed by atoms with Crippen molar-refractivity contribution in [1.82, 2.24) is 4.90 Å². The maximum absolute atomic E-state index is 5.02. The van der Waals surface area contributed by atoms with Crippen molar-refractivity contribution in [2.45, 2.75) is 46.7 Å². The van der Waals surface area contributed by atoms with E-state index in [9.17, 15) is 0 Å². The smallest absolute Gasteiger partial charge is 0.0720 e. The highest BCUT2D eigenvalue weighted by Crippen LogP contribution is 2.22. The lowest BCUT2D eigenvalue weighted by Gasteiger charge is -2.32. The van der Waals surface area contributed by atoms with E-state index in [2.05, 4.69) is 79.4 Å². The second-order valence-corrected chi connectivity index (χ2v) is 6.58. The van der Waals surface area contributed by atoms with Crippen LogP contribution in [-0.4, -0.2) is 23.7 Å². The van der Waals surface area contributed by atoms with Crippen LogP contribution in [0, 0.1) is 5.92 Å². The number of rotatable bonds is 4. The van der Waals surface area contributed by atoms with Gasteiger partial charge in [-0.15, -0.1) is 0 Å². The minimum Gasteiger partial charge on any atom is -0.298 e. The molecule has 25 heavy (non-hydrogen) atoms. The van der Waals surface area contributed by atoms with Crippen molar-refractivity contribution in [3.8, 4) is 0 Å². The van der Waals surface area contributed by atoms with Gasteiger partial charge >= 0.3 is 0 Å². The molecule has 1 aliphatic heterocycles. The van der Waals surface area contributed by atoms with Gasteiger partial charge in [-0.25, -0.2) is 0 Å². The second-order valence-electron chi connectivity index (χ2n) is 6.58. The average Bonchev–Trinajstić information content (AvgIpc) is 2.67. The van der Waals surface area contributed by atoms with Gasteiger partial charge in [-0.1, -0.05) is 81.4 Å². The van der Waals surface area contributed by atoms with Crippen molar-refractivity contribution in [3.05, 3.63) is 71.8 Å². The Bertz CT molecular complexity index is 634. The van der Waals surface area contributed by atoms with Crippen LogP contribution in [0.2, 0.25) is 0 Å². The second kappa shape index (κ2) is 10.1. The normalized spacial score (nSPS) is 20.6. The maximum Gasteiger partial charge on any atom is 0.0720 e. The van der Waals surface area contributed by atoms with E-state index < -0.39 is 0 Å². The molecule has 2 nitrogen and oxygen atoms in total. The summed E-state index contributed by atoms with van der Waals surface area (Å²) in [6.45, 7) is 11.8. The largest absolute Gasteiger partial charge is 0.298 e. The Hall–Kier alpha value is -1.93. The number of piperidine rings is 1. The molecule has 2 aromatic rings. The number of aliphatic imine (C=N–C) groups is 1. The Kier molecular flexibility index (Phi) is 7.87. The van der Waals surface area contributed by atoms with Crippen LogP contribution in [0.15, 0.2) is 65.7 Å². The van der Waals surface area contributed by atoms with E-state index in [0.29, 0.717) is 5.92 Å². The lowest BCUT2D eigenvalue weighted by molar-refractivity contribution is 0.237. The van der Waals surface area contributed by atoms with Gasteiger partial charge in [0.25, 0.3) is 0 Å². The van der Waals surface area contributed by atoms with Crippen LogP contribution in [-0.2, 0) is 6.54 Å². The van der Waals surface area contributed by atoms with Crippen molar-refractivity contribution in [2.75, 3.05) is 13.1 Å². The number of nitrogens with zero attached hydrogens (tertiary/aromatic N) is 2. The summed E-state index contributed by atoms with van der Waals surface area (Å²) in [4.78, 5) is 7.57. The maximum atomic E-state index is 5.02. The molecule has 2 atom stereocenters. The zero-order valence-electron chi connectivity index (χ0n) is 16.2. The van der Waals surface area contributed by atoms with Crippen LogP contribution in [0.25, 0.3) is 0 Å². The van der Waals surface area contributed by atoms with E-state index in [1.165, 1.54) is 16.8 Å². The predicted octanol–water partition coefficient (Wildman–Crippen LogP) is 5.76. The molecule has 0 saturated carbocycles. The third-order valence-electron chi connectivity index (χ3n) is 4.68. The summed E-state index contributed by atoms with van der Waals surface area (Å²) in [6, 6.07) is 21.6. The van der Waals surface area contributed by atoms with Gasteiger partial charge in [-0.05, 0) is 24.5 Å². The number of hydrogen-bond donors (Lipinski definition) is 0. The Morgan fingerprint density at radius 2 is 1.60 bits per heavy atom. The lowest BCUT2D eigenvalue weighted by Crippen LogP contribution is -2.39. The monoisotopic (exact) mass is 336 g/mol. The molecule has 0 aromatic heterocycles. The summed E-state index contributed by atoms with van der Waals surface area (Å²) < 4.78 is 0. The summed E-state index contributed by atoms with van der Waals surface area (Å²) in [5, 5.41) is 0. The first-order chi connectivity index (χ1) is 12.2. The number of hydrogen-bond acceptors (Lipinski definition) is 2. The van der Waals surface area contributed by atoms with E-state index in [0.717, 1.165) is 26.1 Å². The Balaban J connectivity index is 0.00000109. The molecule has 0 amide bonds. The van der Waals surface area contributed by atoms with Crippen molar-refractivity contribution in [2.24, 2.45) is 10.9 Å². The molecule has 0 spiro atoms. The number of benzene rings is 2.